The van der Waals surface area contributed by atoms with Crippen LogP contribution in [0, 0.1) is 0 Å². The summed E-state index contributed by atoms with van der Waals surface area (Å²) in [5, 5.41) is 1.85. The number of fused-ring (bicyclic) bond motifs is 2. The molecule has 1 amide bonds. The van der Waals surface area contributed by atoms with Gasteiger partial charge in [-0.2, -0.15) is 0 Å². The van der Waals surface area contributed by atoms with Crippen LogP contribution in [0.3, 0.4) is 0 Å². The number of hydrogen-bond donors (Lipinski definition) is 3. The van der Waals surface area contributed by atoms with Crippen LogP contribution in [0.1, 0.15) is 10.4 Å². The Morgan fingerprint density at radius 1 is 0.900 bits per heavy atom. The van der Waals surface area contributed by atoms with Crippen molar-refractivity contribution in [2.75, 3.05) is 11.2 Å². The van der Waals surface area contributed by atoms with Crippen LogP contribution >= 0.6 is 0 Å². The number of nitrogens with two attached hydrogens (primary N) is 1. The monoisotopic (exact) mass is 395 g/mol. The second kappa shape index (κ2) is 7.17. The molecule has 4 N–H and O–H groups in total. The predicted molar refractivity (Wildman–Crippen MR) is 116 cm³/mol. The summed E-state index contributed by atoms with van der Waals surface area (Å²) in [4.78, 5) is 25.6. The van der Waals surface area contributed by atoms with E-state index in [4.69, 9.17) is 5.73 Å². The highest BCUT2D eigenvalue weighted by atomic mass is 16.2. The van der Waals surface area contributed by atoms with Crippen molar-refractivity contribution in [2.45, 2.75) is 0 Å². The van der Waals surface area contributed by atoms with Crippen LogP contribution in [0.5, 0.6) is 0 Å². The van der Waals surface area contributed by atoms with Crippen molar-refractivity contribution >= 4 is 39.2 Å². The summed E-state index contributed by atoms with van der Waals surface area (Å²) < 4.78 is 1.78. The summed E-state index contributed by atoms with van der Waals surface area (Å²) in [6.45, 7) is 0. The third-order valence-corrected chi connectivity index (χ3v) is 4.87. The molecule has 2 aromatic heterocycles. The van der Waals surface area contributed by atoms with Crippen LogP contribution < -0.4 is 16.6 Å². The van der Waals surface area contributed by atoms with Crippen molar-refractivity contribution in [3.63, 3.8) is 0 Å². The summed E-state index contributed by atoms with van der Waals surface area (Å²) in [6.07, 6.45) is 3.04. The molecule has 3 aromatic carbocycles. The lowest BCUT2D eigenvalue weighted by molar-refractivity contribution is 0.0964. The minimum Gasteiger partial charge on any atom is -0.393 e. The van der Waals surface area contributed by atoms with Gasteiger partial charge in [0.1, 0.15) is 18.3 Å². The van der Waals surface area contributed by atoms with Crippen molar-refractivity contribution in [2.24, 2.45) is 0 Å². The van der Waals surface area contributed by atoms with Gasteiger partial charge in [0, 0.05) is 5.56 Å². The Morgan fingerprint density at radius 3 is 2.63 bits per heavy atom. The smallest absolute Gasteiger partial charge is 0.270 e. The molecule has 0 bridgehead atoms. The van der Waals surface area contributed by atoms with Gasteiger partial charge in [-0.1, -0.05) is 48.5 Å². The average Bonchev–Trinajstić information content (AvgIpc) is 3.22. The second-order valence-electron chi connectivity index (χ2n) is 6.67. The van der Waals surface area contributed by atoms with Gasteiger partial charge in [-0.25, -0.2) is 15.0 Å². The number of rotatable bonds is 4. The van der Waals surface area contributed by atoms with Crippen LogP contribution in [0.4, 0.5) is 11.5 Å². The molecule has 0 aliphatic heterocycles. The van der Waals surface area contributed by atoms with E-state index < -0.39 is 0 Å². The van der Waals surface area contributed by atoms with E-state index in [9.17, 15) is 4.79 Å². The van der Waals surface area contributed by atoms with Crippen molar-refractivity contribution in [3.05, 3.63) is 84.9 Å². The highest BCUT2D eigenvalue weighted by Gasteiger charge is 2.14. The zero-order valence-corrected chi connectivity index (χ0v) is 15.8. The summed E-state index contributed by atoms with van der Waals surface area (Å²) in [7, 11) is 0. The topological polar surface area (TPSA) is 111 Å². The van der Waals surface area contributed by atoms with Gasteiger partial charge in [0.25, 0.3) is 5.91 Å². The first-order chi connectivity index (χ1) is 14.7. The number of nitrogens with zero attached hydrogens (tertiary/aromatic N) is 4. The number of hydrazine groups is 1. The van der Waals surface area contributed by atoms with Gasteiger partial charge < -0.3 is 5.73 Å². The van der Waals surface area contributed by atoms with Gasteiger partial charge in [0.15, 0.2) is 11.6 Å². The van der Waals surface area contributed by atoms with E-state index >= 15 is 0 Å². The summed E-state index contributed by atoms with van der Waals surface area (Å²) in [6, 6.07) is 21.0. The third kappa shape index (κ3) is 2.96. The summed E-state index contributed by atoms with van der Waals surface area (Å²) in [5.74, 6) is 0.478. The van der Waals surface area contributed by atoms with Gasteiger partial charge in [0.2, 0.25) is 0 Å². The van der Waals surface area contributed by atoms with Crippen molar-refractivity contribution < 1.29 is 4.79 Å². The molecular weight excluding hydrogens is 378 g/mol. The molecule has 0 radical (unpaired) electrons. The van der Waals surface area contributed by atoms with Crippen LogP contribution in [0.15, 0.2) is 79.4 Å². The number of amides is 1. The molecule has 8 heteroatoms. The molecule has 0 aliphatic carbocycles. The van der Waals surface area contributed by atoms with Gasteiger partial charge in [-0.15, -0.1) is 0 Å². The fourth-order valence-electron chi connectivity index (χ4n) is 3.41. The molecule has 0 atom stereocenters. The Kier molecular flexibility index (Phi) is 4.21. The lowest BCUT2D eigenvalue weighted by Gasteiger charge is -2.13. The number of nitrogens with one attached hydrogen (secondary N) is 2. The normalized spacial score (nSPS) is 10.9. The van der Waals surface area contributed by atoms with Gasteiger partial charge in [0.05, 0.1) is 11.0 Å². The maximum atomic E-state index is 12.8. The Hall–Kier alpha value is -4.46. The quantitative estimate of drug-likeness (QED) is 0.403. The molecular formula is C22H17N7O. The molecule has 2 heterocycles. The molecule has 146 valence electrons. The Morgan fingerprint density at radius 2 is 1.70 bits per heavy atom. The van der Waals surface area contributed by atoms with Crippen LogP contribution in [-0.2, 0) is 0 Å². The first-order valence-electron chi connectivity index (χ1n) is 9.29. The number of carbonyl (C=O) groups excluding carboxylic acids is 1. The first kappa shape index (κ1) is 17.6. The minimum absolute atomic E-state index is 0.291. The summed E-state index contributed by atoms with van der Waals surface area (Å²) in [5.41, 5.74) is 14.3. The fourth-order valence-corrected chi connectivity index (χ4v) is 3.41. The van der Waals surface area contributed by atoms with Crippen LogP contribution in [0.25, 0.3) is 27.6 Å². The van der Waals surface area contributed by atoms with Crippen molar-refractivity contribution in [1.82, 2.24) is 24.9 Å². The zero-order chi connectivity index (χ0) is 20.5. The molecule has 0 aliphatic rings. The minimum atomic E-state index is -0.292. The van der Waals surface area contributed by atoms with Crippen LogP contribution in [-0.4, -0.2) is 25.4 Å². The molecule has 0 spiro atoms. The molecule has 30 heavy (non-hydrogen) atoms. The number of carbonyl (C=O) groups is 1. The van der Waals surface area contributed by atoms with E-state index in [1.54, 1.807) is 17.0 Å². The number of nitrogen functional groups attached to an aromatic ring is 1. The Balaban J connectivity index is 1.43. The largest absolute Gasteiger partial charge is 0.393 e. The van der Waals surface area contributed by atoms with E-state index in [0.717, 1.165) is 21.8 Å². The number of hydrogen-bond acceptors (Lipinski definition) is 6. The zero-order valence-electron chi connectivity index (χ0n) is 15.8. The number of para-hydroxylation sites is 2. The van der Waals surface area contributed by atoms with E-state index in [0.29, 0.717) is 22.9 Å². The second-order valence-corrected chi connectivity index (χ2v) is 6.67. The Labute approximate surface area is 171 Å². The molecule has 0 unspecified atom stereocenters. The Bertz CT molecular complexity index is 1390. The first-order valence-corrected chi connectivity index (χ1v) is 9.29. The average molecular weight is 395 g/mol. The van der Waals surface area contributed by atoms with E-state index in [1.807, 2.05) is 60.7 Å². The van der Waals surface area contributed by atoms with E-state index in [1.165, 1.54) is 6.33 Å². The molecule has 5 aromatic rings. The highest BCUT2D eigenvalue weighted by Crippen LogP contribution is 2.25. The van der Waals surface area contributed by atoms with Gasteiger partial charge >= 0.3 is 0 Å². The number of anilines is 2. The number of aromatic nitrogens is 4. The van der Waals surface area contributed by atoms with Crippen LogP contribution in [0.2, 0.25) is 0 Å². The molecule has 8 nitrogen and oxygen atoms in total. The predicted octanol–water partition coefficient (Wildman–Crippen LogP) is 3.31. The van der Waals surface area contributed by atoms with Crippen molar-refractivity contribution in [3.8, 4) is 5.82 Å². The SMILES string of the molecule is Nc1c(NNC(=O)c2cccc3ccccc23)ncnc1-n1cnc2ccccc21. The standard InChI is InChI=1S/C22H17N7O/c23-19-20(24-12-25-21(19)29-13-26-17-10-3-4-11-18(17)29)27-28-22(30)16-9-5-7-14-6-1-2-8-15(14)16/h1-13H,23H2,(H,28,30)(H,24,25,27). The summed E-state index contributed by atoms with van der Waals surface area (Å²) >= 11 is 0. The van der Waals surface area contributed by atoms with E-state index in [2.05, 4.69) is 25.8 Å². The molecule has 0 fully saturated rings. The maximum Gasteiger partial charge on any atom is 0.270 e. The maximum absolute atomic E-state index is 12.8. The lowest BCUT2D eigenvalue weighted by Crippen LogP contribution is -2.30. The number of imidazole rings is 1. The van der Waals surface area contributed by atoms with Crippen molar-refractivity contribution in [1.29, 1.82) is 0 Å². The highest BCUT2D eigenvalue weighted by molar-refractivity contribution is 6.07. The molecule has 0 saturated carbocycles. The lowest BCUT2D eigenvalue weighted by atomic mass is 10.0. The van der Waals surface area contributed by atoms with Gasteiger partial charge in [-0.05, 0) is 29.0 Å². The number of benzene rings is 3. The molecule has 5 rings (SSSR count). The van der Waals surface area contributed by atoms with Gasteiger partial charge in [-0.3, -0.25) is 20.2 Å². The third-order valence-electron chi connectivity index (χ3n) is 4.87. The molecule has 0 saturated heterocycles. The fraction of sp³-hybridized carbons (Fsp3) is 0. The van der Waals surface area contributed by atoms with E-state index in [-0.39, 0.29) is 5.91 Å².